The van der Waals surface area contributed by atoms with Crippen LogP contribution >= 0.6 is 23.5 Å². The molecule has 0 aliphatic carbocycles. The maximum Gasteiger partial charge on any atom is 0.313 e. The quantitative estimate of drug-likeness (QED) is 0.553. The first-order valence-electron chi connectivity index (χ1n) is 4.29. The lowest BCUT2D eigenvalue weighted by Gasteiger charge is -2.02. The van der Waals surface area contributed by atoms with Gasteiger partial charge in [0.25, 0.3) is 0 Å². The maximum atomic E-state index is 10.1. The summed E-state index contributed by atoms with van der Waals surface area (Å²) in [6, 6.07) is 0. The second-order valence-electron chi connectivity index (χ2n) is 2.51. The minimum absolute atomic E-state index is 0.0944. The second-order valence-corrected chi connectivity index (χ2v) is 4.72. The highest BCUT2D eigenvalue weighted by atomic mass is 32.2. The van der Waals surface area contributed by atoms with Crippen molar-refractivity contribution >= 4 is 35.5 Å². The number of thioether (sulfide) groups is 2. The predicted molar refractivity (Wildman–Crippen MR) is 60.7 cm³/mol. The van der Waals surface area contributed by atoms with Gasteiger partial charge in [0.15, 0.2) is 0 Å². The molecule has 0 atom stereocenters. The molecule has 0 fully saturated rings. The van der Waals surface area contributed by atoms with Gasteiger partial charge in [-0.3, -0.25) is 9.59 Å². The summed E-state index contributed by atoms with van der Waals surface area (Å²) in [5.74, 6) is -0.158. The molecule has 0 saturated heterocycles. The molecule has 0 aromatic heterocycles. The number of hydrogen-bond acceptors (Lipinski definition) is 5. The summed E-state index contributed by atoms with van der Waals surface area (Å²) in [4.78, 5) is 20.2. The van der Waals surface area contributed by atoms with Crippen LogP contribution in [0.3, 0.4) is 0 Å². The maximum absolute atomic E-state index is 10.1. The molecule has 0 aromatic carbocycles. The number of ether oxygens (including phenoxy) is 1. The van der Waals surface area contributed by atoms with Crippen LogP contribution in [0.4, 0.5) is 0 Å². The van der Waals surface area contributed by atoms with Gasteiger partial charge in [0.1, 0.15) is 0 Å². The van der Waals surface area contributed by atoms with Crippen molar-refractivity contribution in [2.24, 2.45) is 0 Å². The number of carbonyl (C=O) groups is 2. The Hall–Kier alpha value is -0.400. The van der Waals surface area contributed by atoms with Gasteiger partial charge < -0.3 is 14.9 Å². The summed E-state index contributed by atoms with van der Waals surface area (Å²) in [7, 11) is 0. The van der Waals surface area contributed by atoms with Gasteiger partial charge in [-0.1, -0.05) is 0 Å². The van der Waals surface area contributed by atoms with Crippen LogP contribution in [-0.2, 0) is 14.3 Å². The normalized spacial score (nSPS) is 10.1. The van der Waals surface area contributed by atoms with E-state index < -0.39 is 11.9 Å². The monoisotopic (exact) mass is 254 g/mol. The molecule has 0 saturated carbocycles. The van der Waals surface area contributed by atoms with E-state index in [0.717, 1.165) is 0 Å². The van der Waals surface area contributed by atoms with E-state index in [2.05, 4.69) is 0 Å². The van der Waals surface area contributed by atoms with Gasteiger partial charge in [0, 0.05) is 11.5 Å². The SMILES string of the molecule is O=C(O)CSCCOCCSCC(=O)O. The van der Waals surface area contributed by atoms with Gasteiger partial charge in [-0.2, -0.15) is 0 Å². The fraction of sp³-hybridized carbons (Fsp3) is 0.750. The Morgan fingerprint density at radius 1 is 0.933 bits per heavy atom. The van der Waals surface area contributed by atoms with Gasteiger partial charge >= 0.3 is 11.9 Å². The first-order chi connectivity index (χ1) is 7.13. The smallest absolute Gasteiger partial charge is 0.313 e. The van der Waals surface area contributed by atoms with Crippen molar-refractivity contribution in [1.82, 2.24) is 0 Å². The van der Waals surface area contributed by atoms with Crippen LogP contribution in [0.2, 0.25) is 0 Å². The van der Waals surface area contributed by atoms with Crippen molar-refractivity contribution in [2.75, 3.05) is 36.2 Å². The lowest BCUT2D eigenvalue weighted by molar-refractivity contribution is -0.134. The van der Waals surface area contributed by atoms with Crippen molar-refractivity contribution in [3.8, 4) is 0 Å². The Morgan fingerprint density at radius 2 is 1.33 bits per heavy atom. The van der Waals surface area contributed by atoms with Gasteiger partial charge in [-0.05, 0) is 0 Å². The molecule has 2 N–H and O–H groups in total. The zero-order valence-electron chi connectivity index (χ0n) is 8.18. The lowest BCUT2D eigenvalue weighted by atomic mass is 10.8. The molecule has 0 aliphatic rings. The molecule has 0 amide bonds. The fourth-order valence-electron chi connectivity index (χ4n) is 0.657. The van der Waals surface area contributed by atoms with Crippen molar-refractivity contribution in [1.29, 1.82) is 0 Å². The highest BCUT2D eigenvalue weighted by Crippen LogP contribution is 2.01. The molecule has 15 heavy (non-hydrogen) atoms. The van der Waals surface area contributed by atoms with E-state index in [1.165, 1.54) is 23.5 Å². The average Bonchev–Trinajstić information content (AvgIpc) is 2.14. The van der Waals surface area contributed by atoms with Gasteiger partial charge in [-0.15, -0.1) is 23.5 Å². The summed E-state index contributed by atoms with van der Waals surface area (Å²) >= 11 is 2.61. The van der Waals surface area contributed by atoms with Crippen molar-refractivity contribution in [3.63, 3.8) is 0 Å². The van der Waals surface area contributed by atoms with E-state index in [0.29, 0.717) is 24.7 Å². The molecule has 0 spiro atoms. The predicted octanol–water partition coefficient (Wildman–Crippen LogP) is 0.639. The molecular weight excluding hydrogens is 240 g/mol. The van der Waals surface area contributed by atoms with Crippen molar-refractivity contribution in [2.45, 2.75) is 0 Å². The van der Waals surface area contributed by atoms with Crippen LogP contribution < -0.4 is 0 Å². The lowest BCUT2D eigenvalue weighted by Crippen LogP contribution is -2.06. The Labute approximate surface area is 96.6 Å². The van der Waals surface area contributed by atoms with Gasteiger partial charge in [-0.25, -0.2) is 0 Å². The Bertz CT molecular complexity index is 177. The zero-order chi connectivity index (χ0) is 11.5. The minimum atomic E-state index is -0.822. The van der Waals surface area contributed by atoms with Crippen molar-refractivity contribution < 1.29 is 24.5 Å². The molecule has 0 bridgehead atoms. The summed E-state index contributed by atoms with van der Waals surface area (Å²) < 4.78 is 5.17. The van der Waals surface area contributed by atoms with E-state index in [9.17, 15) is 9.59 Å². The highest BCUT2D eigenvalue weighted by Gasteiger charge is 1.98. The average molecular weight is 254 g/mol. The van der Waals surface area contributed by atoms with E-state index in [4.69, 9.17) is 14.9 Å². The summed E-state index contributed by atoms with van der Waals surface area (Å²) in [6.07, 6.45) is 0. The third-order valence-corrected chi connectivity index (χ3v) is 3.01. The third kappa shape index (κ3) is 13.6. The minimum Gasteiger partial charge on any atom is -0.481 e. The first-order valence-corrected chi connectivity index (χ1v) is 6.60. The van der Waals surface area contributed by atoms with Gasteiger partial charge in [0.05, 0.1) is 24.7 Å². The largest absolute Gasteiger partial charge is 0.481 e. The molecular formula is C8H14O5S2. The number of hydrogen-bond donors (Lipinski definition) is 2. The topological polar surface area (TPSA) is 83.8 Å². The molecule has 7 heteroatoms. The van der Waals surface area contributed by atoms with Crippen LogP contribution in [0.1, 0.15) is 0 Å². The van der Waals surface area contributed by atoms with E-state index in [1.54, 1.807) is 0 Å². The summed E-state index contributed by atoms with van der Waals surface area (Å²) in [6.45, 7) is 1.01. The third-order valence-electron chi connectivity index (χ3n) is 1.20. The van der Waals surface area contributed by atoms with E-state index in [1.807, 2.05) is 0 Å². The first kappa shape index (κ1) is 14.6. The molecule has 0 radical (unpaired) electrons. The molecule has 0 rings (SSSR count). The van der Waals surface area contributed by atoms with E-state index in [-0.39, 0.29) is 11.5 Å². The zero-order valence-corrected chi connectivity index (χ0v) is 9.81. The van der Waals surface area contributed by atoms with Crippen LogP contribution in [0.15, 0.2) is 0 Å². The van der Waals surface area contributed by atoms with Crippen LogP contribution in [0.5, 0.6) is 0 Å². The molecule has 0 aromatic rings. The molecule has 88 valence electrons. The number of rotatable bonds is 10. The molecule has 5 nitrogen and oxygen atoms in total. The Balaban J connectivity index is 2.99. The fourth-order valence-corrected chi connectivity index (χ4v) is 1.77. The van der Waals surface area contributed by atoms with Crippen LogP contribution in [0, 0.1) is 0 Å². The van der Waals surface area contributed by atoms with Gasteiger partial charge in [0.2, 0.25) is 0 Å². The second kappa shape index (κ2) is 10.1. The summed E-state index contributed by atoms with van der Waals surface area (Å²) in [5, 5.41) is 16.6. The standard InChI is InChI=1S/C8H14O5S2/c9-7(10)5-14-3-1-13-2-4-15-6-8(11)12/h1-6H2,(H,9,10)(H,11,12). The Kier molecular flexibility index (Phi) is 9.86. The van der Waals surface area contributed by atoms with Crippen LogP contribution in [-0.4, -0.2) is 58.4 Å². The highest BCUT2D eigenvalue weighted by molar-refractivity contribution is 8.00. The summed E-state index contributed by atoms with van der Waals surface area (Å²) in [5.41, 5.74) is 0. The number of carboxylic acid groups (broad SMARTS) is 2. The molecule has 0 unspecified atom stereocenters. The number of aliphatic carboxylic acids is 2. The molecule has 0 aliphatic heterocycles. The van der Waals surface area contributed by atoms with E-state index >= 15 is 0 Å². The number of carboxylic acids is 2. The van der Waals surface area contributed by atoms with Crippen molar-refractivity contribution in [3.05, 3.63) is 0 Å². The van der Waals surface area contributed by atoms with Crippen LogP contribution in [0.25, 0.3) is 0 Å². The Morgan fingerprint density at radius 3 is 1.67 bits per heavy atom. The molecule has 0 heterocycles.